The lowest BCUT2D eigenvalue weighted by atomic mass is 10.1. The van der Waals surface area contributed by atoms with Gasteiger partial charge < -0.3 is 24.0 Å². The van der Waals surface area contributed by atoms with Crippen LogP contribution < -0.4 is 14.4 Å². The Morgan fingerprint density at radius 2 is 1.83 bits per heavy atom. The number of fused-ring (bicyclic) bond motifs is 1. The summed E-state index contributed by atoms with van der Waals surface area (Å²) in [5.41, 5.74) is 3.80. The van der Waals surface area contributed by atoms with Gasteiger partial charge in [0.25, 0.3) is 0 Å². The van der Waals surface area contributed by atoms with Crippen LogP contribution in [0.1, 0.15) is 23.7 Å². The van der Waals surface area contributed by atoms with Crippen LogP contribution in [0.5, 0.6) is 11.5 Å². The van der Waals surface area contributed by atoms with Crippen LogP contribution in [0, 0.1) is 6.92 Å². The predicted molar refractivity (Wildman–Crippen MR) is 135 cm³/mol. The number of aryl methyl sites for hydroxylation is 1. The third-order valence-electron chi connectivity index (χ3n) is 6.38. The van der Waals surface area contributed by atoms with E-state index in [0.29, 0.717) is 31.0 Å². The number of hydrogen-bond acceptors (Lipinski definition) is 5. The lowest BCUT2D eigenvalue weighted by Gasteiger charge is -2.19. The minimum Gasteiger partial charge on any atom is -0.493 e. The van der Waals surface area contributed by atoms with Crippen LogP contribution in [-0.4, -0.2) is 46.9 Å². The molecule has 0 bridgehead atoms. The fourth-order valence-corrected chi connectivity index (χ4v) is 4.71. The number of para-hydroxylation sites is 4. The van der Waals surface area contributed by atoms with Crippen LogP contribution in [0.25, 0.3) is 11.0 Å². The average Bonchev–Trinajstić information content (AvgIpc) is 3.43. The van der Waals surface area contributed by atoms with Gasteiger partial charge in [-0.1, -0.05) is 36.4 Å². The van der Waals surface area contributed by atoms with E-state index >= 15 is 0 Å². The summed E-state index contributed by atoms with van der Waals surface area (Å²) < 4.78 is 13.2. The second-order valence-electron chi connectivity index (χ2n) is 8.93. The number of amides is 1. The number of benzene rings is 3. The summed E-state index contributed by atoms with van der Waals surface area (Å²) in [6.07, 6.45) is -0.397. The molecule has 1 fully saturated rings. The molecule has 0 aliphatic carbocycles. The Bertz CT molecular complexity index is 1350. The standard InChI is InChI=1S/C28H29N3O4/c1-19-8-7-9-21(14-19)30-16-20(15-27(30)33)28-29-23-10-3-4-11-24(23)31(28)17-22(32)18-35-26-13-6-5-12-25(26)34-2/h3-14,20,22,32H,15-18H2,1-2H3/t20-,22-/m1/s1. The molecule has 7 nitrogen and oxygen atoms in total. The summed E-state index contributed by atoms with van der Waals surface area (Å²) in [5.74, 6) is 2.03. The number of nitrogens with zero attached hydrogens (tertiary/aromatic N) is 3. The van der Waals surface area contributed by atoms with Crippen LogP contribution in [0.3, 0.4) is 0 Å². The molecule has 0 spiro atoms. The number of rotatable bonds is 8. The van der Waals surface area contributed by atoms with E-state index in [2.05, 4.69) is 0 Å². The van der Waals surface area contributed by atoms with Crippen molar-refractivity contribution in [3.63, 3.8) is 0 Å². The maximum atomic E-state index is 12.9. The van der Waals surface area contributed by atoms with Crippen molar-refractivity contribution in [1.82, 2.24) is 9.55 Å². The highest BCUT2D eigenvalue weighted by molar-refractivity contribution is 5.96. The van der Waals surface area contributed by atoms with E-state index in [1.165, 1.54) is 0 Å². The molecule has 5 rings (SSSR count). The van der Waals surface area contributed by atoms with E-state index in [4.69, 9.17) is 14.5 Å². The Kier molecular flexibility index (Phi) is 6.42. The predicted octanol–water partition coefficient (Wildman–Crippen LogP) is 4.31. The maximum Gasteiger partial charge on any atom is 0.227 e. The van der Waals surface area contributed by atoms with Gasteiger partial charge in [0.2, 0.25) is 5.91 Å². The van der Waals surface area contributed by atoms with Crippen molar-refractivity contribution in [2.24, 2.45) is 0 Å². The van der Waals surface area contributed by atoms with Gasteiger partial charge in [0.1, 0.15) is 18.5 Å². The van der Waals surface area contributed by atoms with Crippen LogP contribution in [0.2, 0.25) is 0 Å². The van der Waals surface area contributed by atoms with Gasteiger partial charge in [0.15, 0.2) is 11.5 Å². The molecule has 1 N–H and O–H groups in total. The van der Waals surface area contributed by atoms with E-state index in [-0.39, 0.29) is 18.4 Å². The molecule has 2 atom stereocenters. The molecular weight excluding hydrogens is 442 g/mol. The third kappa shape index (κ3) is 4.72. The quantitative estimate of drug-likeness (QED) is 0.414. The maximum absolute atomic E-state index is 12.9. The number of ether oxygens (including phenoxy) is 2. The number of carbonyl (C=O) groups excluding carboxylic acids is 1. The van der Waals surface area contributed by atoms with Crippen molar-refractivity contribution in [2.75, 3.05) is 25.2 Å². The fraction of sp³-hybridized carbons (Fsp3) is 0.286. The lowest BCUT2D eigenvalue weighted by molar-refractivity contribution is -0.117. The zero-order chi connectivity index (χ0) is 24.4. The molecule has 0 saturated carbocycles. The molecule has 180 valence electrons. The number of carbonyl (C=O) groups is 1. The van der Waals surface area contributed by atoms with Crippen LogP contribution in [0.4, 0.5) is 5.69 Å². The molecule has 0 unspecified atom stereocenters. The first-order valence-electron chi connectivity index (χ1n) is 11.8. The number of aliphatic hydroxyl groups excluding tert-OH is 1. The van der Waals surface area contributed by atoms with Crippen molar-refractivity contribution in [3.8, 4) is 11.5 Å². The Morgan fingerprint density at radius 1 is 1.06 bits per heavy atom. The summed E-state index contributed by atoms with van der Waals surface area (Å²) in [6.45, 7) is 2.99. The lowest BCUT2D eigenvalue weighted by Crippen LogP contribution is -2.26. The van der Waals surface area contributed by atoms with Crippen molar-refractivity contribution in [2.45, 2.75) is 31.9 Å². The third-order valence-corrected chi connectivity index (χ3v) is 6.38. The monoisotopic (exact) mass is 471 g/mol. The van der Waals surface area contributed by atoms with E-state index < -0.39 is 6.10 Å². The van der Waals surface area contributed by atoms with Gasteiger partial charge in [-0.15, -0.1) is 0 Å². The van der Waals surface area contributed by atoms with Crippen molar-refractivity contribution in [3.05, 3.63) is 84.2 Å². The first-order valence-corrected chi connectivity index (χ1v) is 11.8. The SMILES string of the molecule is COc1ccccc1OC[C@H](O)Cn1c([C@@H]2CC(=O)N(c3cccc(C)c3)C2)nc2ccccc21. The minimum absolute atomic E-state index is 0.0715. The largest absolute Gasteiger partial charge is 0.493 e. The normalized spacial score (nSPS) is 16.6. The van der Waals surface area contributed by atoms with E-state index in [1.807, 2.05) is 89.2 Å². The molecule has 0 radical (unpaired) electrons. The van der Waals surface area contributed by atoms with Gasteiger partial charge in [-0.25, -0.2) is 4.98 Å². The van der Waals surface area contributed by atoms with Gasteiger partial charge in [-0.05, 0) is 48.9 Å². The first-order chi connectivity index (χ1) is 17.0. The van der Waals surface area contributed by atoms with E-state index in [9.17, 15) is 9.90 Å². The zero-order valence-electron chi connectivity index (χ0n) is 19.9. The Morgan fingerprint density at radius 3 is 2.63 bits per heavy atom. The number of methoxy groups -OCH3 is 1. The van der Waals surface area contributed by atoms with Crippen LogP contribution in [0.15, 0.2) is 72.8 Å². The molecular formula is C28H29N3O4. The average molecular weight is 472 g/mol. The van der Waals surface area contributed by atoms with Crippen LogP contribution in [-0.2, 0) is 11.3 Å². The topological polar surface area (TPSA) is 76.8 Å². The van der Waals surface area contributed by atoms with Gasteiger partial charge >= 0.3 is 0 Å². The molecule has 4 aromatic rings. The highest BCUT2D eigenvalue weighted by Gasteiger charge is 2.35. The van der Waals surface area contributed by atoms with Gasteiger partial charge in [-0.2, -0.15) is 0 Å². The molecule has 1 aromatic heterocycles. The minimum atomic E-state index is -0.777. The molecule has 3 aromatic carbocycles. The number of anilines is 1. The fourth-order valence-electron chi connectivity index (χ4n) is 4.71. The van der Waals surface area contributed by atoms with Gasteiger partial charge in [0, 0.05) is 24.6 Å². The first kappa shape index (κ1) is 22.9. The Labute approximate surface area is 204 Å². The number of aromatic nitrogens is 2. The summed E-state index contributed by atoms with van der Waals surface area (Å²) in [4.78, 5) is 19.7. The summed E-state index contributed by atoms with van der Waals surface area (Å²) >= 11 is 0. The molecule has 1 aliphatic heterocycles. The highest BCUT2D eigenvalue weighted by atomic mass is 16.5. The summed E-state index contributed by atoms with van der Waals surface area (Å²) in [5, 5.41) is 10.9. The summed E-state index contributed by atoms with van der Waals surface area (Å²) in [7, 11) is 1.59. The van der Waals surface area contributed by atoms with Crippen molar-refractivity contribution in [1.29, 1.82) is 0 Å². The molecule has 7 heteroatoms. The van der Waals surface area contributed by atoms with Gasteiger partial charge in [-0.3, -0.25) is 4.79 Å². The number of hydrogen-bond donors (Lipinski definition) is 1. The second-order valence-corrected chi connectivity index (χ2v) is 8.93. The molecule has 35 heavy (non-hydrogen) atoms. The molecule has 1 saturated heterocycles. The number of imidazole rings is 1. The molecule has 1 amide bonds. The highest BCUT2D eigenvalue weighted by Crippen LogP contribution is 2.34. The smallest absolute Gasteiger partial charge is 0.227 e. The van der Waals surface area contributed by atoms with Crippen LogP contribution >= 0.6 is 0 Å². The van der Waals surface area contributed by atoms with Crippen molar-refractivity contribution >= 4 is 22.6 Å². The zero-order valence-corrected chi connectivity index (χ0v) is 19.9. The second kappa shape index (κ2) is 9.80. The molecule has 2 heterocycles. The Balaban J connectivity index is 1.38. The van der Waals surface area contributed by atoms with Crippen molar-refractivity contribution < 1.29 is 19.4 Å². The van der Waals surface area contributed by atoms with E-state index in [1.54, 1.807) is 7.11 Å². The summed E-state index contributed by atoms with van der Waals surface area (Å²) in [6, 6.07) is 23.2. The number of aliphatic hydroxyl groups is 1. The Hall–Kier alpha value is -3.84. The molecule has 1 aliphatic rings. The van der Waals surface area contributed by atoms with Gasteiger partial charge in [0.05, 0.1) is 24.7 Å². The van der Waals surface area contributed by atoms with E-state index in [0.717, 1.165) is 28.1 Å².